The molecule has 1 aromatic heterocycles. The fraction of sp³-hybridized carbons (Fsp3) is 0.118. The highest BCUT2D eigenvalue weighted by atomic mass is 35.5. The Morgan fingerprint density at radius 2 is 1.96 bits per heavy atom. The lowest BCUT2D eigenvalue weighted by Gasteiger charge is -2.03. The minimum atomic E-state index is -0.667. The number of aryl methyl sites for hydroxylation is 1. The molecule has 2 aromatic carbocycles. The van der Waals surface area contributed by atoms with Crippen LogP contribution in [0.1, 0.15) is 21.8 Å². The molecule has 0 atom stereocenters. The van der Waals surface area contributed by atoms with Crippen molar-refractivity contribution >= 4 is 17.6 Å². The Morgan fingerprint density at radius 3 is 2.67 bits per heavy atom. The third kappa shape index (κ3) is 3.60. The van der Waals surface area contributed by atoms with Gasteiger partial charge in [0.1, 0.15) is 5.82 Å². The van der Waals surface area contributed by atoms with E-state index in [0.717, 1.165) is 6.07 Å². The van der Waals surface area contributed by atoms with Crippen molar-refractivity contribution in [1.29, 1.82) is 0 Å². The van der Waals surface area contributed by atoms with Crippen molar-refractivity contribution in [1.82, 2.24) is 10.2 Å². The Labute approximate surface area is 142 Å². The molecule has 3 aromatic rings. The molecular weight excluding hydrogens is 335 g/mol. The Morgan fingerprint density at radius 1 is 1.21 bits per heavy atom. The molecule has 0 unspecified atom stereocenters. The second-order valence-electron chi connectivity index (χ2n) is 5.05. The summed E-state index contributed by atoms with van der Waals surface area (Å²) in [5.74, 6) is -0.701. The van der Waals surface area contributed by atoms with Gasteiger partial charge < -0.3 is 9.15 Å². The topological polar surface area (TPSA) is 65.2 Å². The van der Waals surface area contributed by atoms with Crippen LogP contribution in [0.4, 0.5) is 4.39 Å². The molecule has 0 saturated heterocycles. The van der Waals surface area contributed by atoms with Crippen LogP contribution in [-0.2, 0) is 11.3 Å². The second-order valence-corrected chi connectivity index (χ2v) is 5.48. The monoisotopic (exact) mass is 346 g/mol. The van der Waals surface area contributed by atoms with Crippen LogP contribution >= 0.6 is 11.6 Å². The van der Waals surface area contributed by atoms with Gasteiger partial charge in [0, 0.05) is 10.6 Å². The van der Waals surface area contributed by atoms with Crippen LogP contribution in [0.3, 0.4) is 0 Å². The molecule has 0 radical (unpaired) electrons. The van der Waals surface area contributed by atoms with E-state index in [2.05, 4.69) is 10.2 Å². The van der Waals surface area contributed by atoms with Gasteiger partial charge in [-0.05, 0) is 48.9 Å². The van der Waals surface area contributed by atoms with Gasteiger partial charge in [0.25, 0.3) is 5.89 Å². The maximum Gasteiger partial charge on any atom is 0.338 e. The van der Waals surface area contributed by atoms with Gasteiger partial charge in [-0.25, -0.2) is 9.18 Å². The van der Waals surface area contributed by atoms with E-state index in [9.17, 15) is 9.18 Å². The highest BCUT2D eigenvalue weighted by Gasteiger charge is 2.13. The molecule has 0 bridgehead atoms. The van der Waals surface area contributed by atoms with E-state index >= 15 is 0 Å². The first-order chi connectivity index (χ1) is 11.5. The predicted octanol–water partition coefficient (Wildman–Crippen LogP) is 4.19. The van der Waals surface area contributed by atoms with E-state index in [-0.39, 0.29) is 18.1 Å². The molecule has 0 amide bonds. The minimum Gasteiger partial charge on any atom is -0.452 e. The number of carbonyl (C=O) groups excluding carboxylic acids is 1. The fourth-order valence-corrected chi connectivity index (χ4v) is 2.08. The lowest BCUT2D eigenvalue weighted by atomic mass is 10.1. The number of halogens is 2. The second kappa shape index (κ2) is 6.80. The van der Waals surface area contributed by atoms with Crippen molar-refractivity contribution in [3.63, 3.8) is 0 Å². The number of rotatable bonds is 4. The van der Waals surface area contributed by atoms with Gasteiger partial charge >= 0.3 is 5.97 Å². The highest BCUT2D eigenvalue weighted by Crippen LogP contribution is 2.20. The highest BCUT2D eigenvalue weighted by molar-refractivity contribution is 6.30. The lowest BCUT2D eigenvalue weighted by Crippen LogP contribution is -2.06. The Balaban J connectivity index is 1.65. The summed E-state index contributed by atoms with van der Waals surface area (Å²) in [6.45, 7) is 1.41. The molecule has 0 saturated carbocycles. The molecule has 0 aliphatic heterocycles. The van der Waals surface area contributed by atoms with Crippen LogP contribution in [0, 0.1) is 12.7 Å². The Bertz CT molecular complexity index is 878. The van der Waals surface area contributed by atoms with E-state index in [4.69, 9.17) is 20.8 Å². The standard InChI is InChI=1S/C17H12ClFN2O3/c1-10-2-3-12(8-14(10)19)17(22)23-9-15-20-21-16(24-15)11-4-6-13(18)7-5-11/h2-8H,9H2,1H3. The molecule has 24 heavy (non-hydrogen) atoms. The molecule has 0 spiro atoms. The Hall–Kier alpha value is -2.73. The van der Waals surface area contributed by atoms with Crippen molar-refractivity contribution in [2.75, 3.05) is 0 Å². The van der Waals surface area contributed by atoms with Gasteiger partial charge in [-0.3, -0.25) is 0 Å². The normalized spacial score (nSPS) is 10.6. The average molecular weight is 347 g/mol. The summed E-state index contributed by atoms with van der Waals surface area (Å²) in [7, 11) is 0. The molecule has 0 N–H and O–H groups in total. The zero-order valence-electron chi connectivity index (χ0n) is 12.6. The molecule has 0 aliphatic carbocycles. The zero-order valence-corrected chi connectivity index (χ0v) is 13.4. The summed E-state index contributed by atoms with van der Waals surface area (Å²) in [5.41, 5.74) is 1.27. The third-order valence-corrected chi connectivity index (χ3v) is 3.54. The minimum absolute atomic E-state index is 0.121. The van der Waals surface area contributed by atoms with E-state index in [1.165, 1.54) is 12.1 Å². The van der Waals surface area contributed by atoms with Crippen molar-refractivity contribution in [3.05, 3.63) is 70.3 Å². The summed E-state index contributed by atoms with van der Waals surface area (Å²) >= 11 is 5.82. The molecular formula is C17H12ClFN2O3. The van der Waals surface area contributed by atoms with Gasteiger partial charge in [0.15, 0.2) is 6.61 Å². The molecule has 3 rings (SSSR count). The SMILES string of the molecule is Cc1ccc(C(=O)OCc2nnc(-c3ccc(Cl)cc3)o2)cc1F. The molecule has 122 valence electrons. The van der Waals surface area contributed by atoms with Crippen LogP contribution in [0.5, 0.6) is 0 Å². The first-order valence-electron chi connectivity index (χ1n) is 7.04. The molecule has 1 heterocycles. The number of carbonyl (C=O) groups is 1. The molecule has 0 fully saturated rings. The number of aromatic nitrogens is 2. The first-order valence-corrected chi connectivity index (χ1v) is 7.42. The van der Waals surface area contributed by atoms with Crippen molar-refractivity contribution in [2.45, 2.75) is 13.5 Å². The molecule has 7 heteroatoms. The van der Waals surface area contributed by atoms with Crippen molar-refractivity contribution in [2.24, 2.45) is 0 Å². The number of hydrogen-bond acceptors (Lipinski definition) is 5. The summed E-state index contributed by atoms with van der Waals surface area (Å²) in [6.07, 6.45) is 0. The van der Waals surface area contributed by atoms with E-state index in [1.807, 2.05) is 0 Å². The zero-order chi connectivity index (χ0) is 17.1. The van der Waals surface area contributed by atoms with Gasteiger partial charge in [0.2, 0.25) is 5.89 Å². The van der Waals surface area contributed by atoms with Crippen LogP contribution in [-0.4, -0.2) is 16.2 Å². The summed E-state index contributed by atoms with van der Waals surface area (Å²) in [6, 6.07) is 11.0. The summed E-state index contributed by atoms with van der Waals surface area (Å²) in [5, 5.41) is 8.29. The van der Waals surface area contributed by atoms with E-state index < -0.39 is 11.8 Å². The van der Waals surface area contributed by atoms with Crippen molar-refractivity contribution < 1.29 is 18.3 Å². The van der Waals surface area contributed by atoms with Crippen LogP contribution in [0.15, 0.2) is 46.9 Å². The largest absolute Gasteiger partial charge is 0.452 e. The van der Waals surface area contributed by atoms with Gasteiger partial charge in [-0.1, -0.05) is 17.7 Å². The van der Waals surface area contributed by atoms with Crippen LogP contribution in [0.25, 0.3) is 11.5 Å². The maximum atomic E-state index is 13.5. The molecule has 0 aliphatic rings. The number of hydrogen-bond donors (Lipinski definition) is 0. The first kappa shape index (κ1) is 16.1. The Kier molecular flexibility index (Phi) is 4.57. The predicted molar refractivity (Wildman–Crippen MR) is 85.0 cm³/mol. The smallest absolute Gasteiger partial charge is 0.338 e. The molecule has 5 nitrogen and oxygen atoms in total. The van der Waals surface area contributed by atoms with Crippen molar-refractivity contribution in [3.8, 4) is 11.5 Å². The van der Waals surface area contributed by atoms with E-state index in [1.54, 1.807) is 31.2 Å². The maximum absolute atomic E-state index is 13.5. The van der Waals surface area contributed by atoms with Crippen LogP contribution < -0.4 is 0 Å². The number of benzene rings is 2. The van der Waals surface area contributed by atoms with E-state index in [0.29, 0.717) is 22.0 Å². The van der Waals surface area contributed by atoms with Gasteiger partial charge in [-0.2, -0.15) is 0 Å². The average Bonchev–Trinajstić information content (AvgIpc) is 3.05. The lowest BCUT2D eigenvalue weighted by molar-refractivity contribution is 0.0438. The quantitative estimate of drug-likeness (QED) is 0.662. The summed E-state index contributed by atoms with van der Waals surface area (Å²) < 4.78 is 23.9. The third-order valence-electron chi connectivity index (χ3n) is 3.29. The van der Waals surface area contributed by atoms with Gasteiger partial charge in [0.05, 0.1) is 5.56 Å². The number of esters is 1. The number of nitrogens with zero attached hydrogens (tertiary/aromatic N) is 2. The number of ether oxygens (including phenoxy) is 1. The fourth-order valence-electron chi connectivity index (χ4n) is 1.95. The van der Waals surface area contributed by atoms with Gasteiger partial charge in [-0.15, -0.1) is 10.2 Å². The van der Waals surface area contributed by atoms with Crippen LogP contribution in [0.2, 0.25) is 5.02 Å². The summed E-state index contributed by atoms with van der Waals surface area (Å²) in [4.78, 5) is 11.9.